The second kappa shape index (κ2) is 4.89. The lowest BCUT2D eigenvalue weighted by atomic mass is 10.1. The number of pyridine rings is 1. The lowest BCUT2D eigenvalue weighted by Crippen LogP contribution is -2.34. The van der Waals surface area contributed by atoms with Crippen LogP contribution in [0, 0.1) is 0 Å². The molecule has 0 atom stereocenters. The summed E-state index contributed by atoms with van der Waals surface area (Å²) in [6.45, 7) is 1.98. The van der Waals surface area contributed by atoms with Crippen LogP contribution in [0.25, 0.3) is 0 Å². The molecule has 15 heavy (non-hydrogen) atoms. The van der Waals surface area contributed by atoms with Crippen molar-refractivity contribution in [3.05, 3.63) is 22.3 Å². The molecule has 1 saturated heterocycles. The van der Waals surface area contributed by atoms with Crippen molar-refractivity contribution < 1.29 is 0 Å². The highest BCUT2D eigenvalue weighted by Gasteiger charge is 2.19. The summed E-state index contributed by atoms with van der Waals surface area (Å²) >= 11 is 15.5. The van der Waals surface area contributed by atoms with Gasteiger partial charge in [0.2, 0.25) is 0 Å². The van der Waals surface area contributed by atoms with Crippen LogP contribution in [0.2, 0.25) is 10.0 Å². The van der Waals surface area contributed by atoms with Crippen LogP contribution in [0.15, 0.2) is 12.3 Å². The van der Waals surface area contributed by atoms with Crippen LogP contribution < -0.4 is 4.90 Å². The second-order valence-corrected chi connectivity index (χ2v) is 5.76. The number of halogens is 3. The van der Waals surface area contributed by atoms with E-state index in [4.69, 9.17) is 23.2 Å². The van der Waals surface area contributed by atoms with Gasteiger partial charge in [0.25, 0.3) is 0 Å². The highest BCUT2D eigenvalue weighted by atomic mass is 79.9. The quantitative estimate of drug-likeness (QED) is 0.734. The number of aromatic nitrogens is 1. The molecule has 0 saturated carbocycles. The van der Waals surface area contributed by atoms with Crippen molar-refractivity contribution in [2.45, 2.75) is 17.7 Å². The average molecular weight is 310 g/mol. The summed E-state index contributed by atoms with van der Waals surface area (Å²) in [7, 11) is 0. The third kappa shape index (κ3) is 2.77. The Labute approximate surface area is 108 Å². The van der Waals surface area contributed by atoms with E-state index in [0.717, 1.165) is 31.7 Å². The molecular formula is C10H11BrCl2N2. The van der Waals surface area contributed by atoms with Crippen LogP contribution >= 0.6 is 39.1 Å². The molecule has 0 spiro atoms. The summed E-state index contributed by atoms with van der Waals surface area (Å²) in [6.07, 6.45) is 3.89. The van der Waals surface area contributed by atoms with Crippen LogP contribution in [-0.2, 0) is 0 Å². The fraction of sp³-hybridized carbons (Fsp3) is 0.500. The molecule has 5 heteroatoms. The lowest BCUT2D eigenvalue weighted by Gasteiger charge is -2.30. The highest BCUT2D eigenvalue weighted by Crippen LogP contribution is 2.29. The fourth-order valence-electron chi connectivity index (χ4n) is 1.70. The maximum Gasteiger partial charge on any atom is 0.147 e. The molecular weight excluding hydrogens is 299 g/mol. The molecule has 1 aliphatic rings. The topological polar surface area (TPSA) is 16.1 Å². The molecule has 1 aromatic heterocycles. The van der Waals surface area contributed by atoms with Gasteiger partial charge in [0.15, 0.2) is 0 Å². The van der Waals surface area contributed by atoms with Gasteiger partial charge in [0, 0.05) is 24.1 Å². The molecule has 0 radical (unpaired) electrons. The first kappa shape index (κ1) is 11.5. The zero-order valence-corrected chi connectivity index (χ0v) is 11.2. The van der Waals surface area contributed by atoms with Crippen molar-refractivity contribution in [1.29, 1.82) is 0 Å². The lowest BCUT2D eigenvalue weighted by molar-refractivity contribution is 0.592. The Hall–Kier alpha value is 0.01000. The van der Waals surface area contributed by atoms with E-state index in [1.807, 2.05) is 0 Å². The van der Waals surface area contributed by atoms with E-state index in [1.165, 1.54) is 0 Å². The molecule has 0 amide bonds. The van der Waals surface area contributed by atoms with Crippen molar-refractivity contribution in [2.75, 3.05) is 18.0 Å². The Balaban J connectivity index is 2.15. The molecule has 0 unspecified atom stereocenters. The zero-order chi connectivity index (χ0) is 10.8. The number of alkyl halides is 1. The van der Waals surface area contributed by atoms with Crippen molar-refractivity contribution in [2.24, 2.45) is 0 Å². The Morgan fingerprint density at radius 1 is 1.33 bits per heavy atom. The number of hydrogen-bond acceptors (Lipinski definition) is 2. The van der Waals surface area contributed by atoms with Gasteiger partial charge in [-0.3, -0.25) is 0 Å². The number of nitrogens with zero attached hydrogens (tertiary/aromatic N) is 2. The van der Waals surface area contributed by atoms with Gasteiger partial charge < -0.3 is 4.90 Å². The first-order valence-corrected chi connectivity index (χ1v) is 6.54. The van der Waals surface area contributed by atoms with E-state index in [-0.39, 0.29) is 0 Å². The van der Waals surface area contributed by atoms with Gasteiger partial charge in [0.05, 0.1) is 10.0 Å². The van der Waals surface area contributed by atoms with E-state index in [2.05, 4.69) is 25.8 Å². The molecule has 2 heterocycles. The predicted octanol–water partition coefficient (Wildman–Crippen LogP) is 3.75. The van der Waals surface area contributed by atoms with Crippen LogP contribution in [0.5, 0.6) is 0 Å². The summed E-state index contributed by atoms with van der Waals surface area (Å²) in [5.41, 5.74) is 0. The second-order valence-electron chi connectivity index (χ2n) is 3.62. The van der Waals surface area contributed by atoms with Crippen LogP contribution in [0.4, 0.5) is 5.82 Å². The molecule has 82 valence electrons. The number of piperidine rings is 1. The summed E-state index contributed by atoms with van der Waals surface area (Å²) in [5, 5.41) is 1.22. The first-order chi connectivity index (χ1) is 7.16. The Bertz CT molecular complexity index is 351. The predicted molar refractivity (Wildman–Crippen MR) is 68.4 cm³/mol. The molecule has 2 nitrogen and oxygen atoms in total. The minimum atomic E-state index is 0.583. The molecule has 1 aromatic rings. The smallest absolute Gasteiger partial charge is 0.147 e. The van der Waals surface area contributed by atoms with Crippen molar-refractivity contribution in [3.8, 4) is 0 Å². The summed E-state index contributed by atoms with van der Waals surface area (Å²) in [4.78, 5) is 7.10. The van der Waals surface area contributed by atoms with E-state index in [1.54, 1.807) is 12.3 Å². The van der Waals surface area contributed by atoms with Gasteiger partial charge in [-0.1, -0.05) is 39.1 Å². The van der Waals surface area contributed by atoms with Gasteiger partial charge in [-0.05, 0) is 18.9 Å². The maximum absolute atomic E-state index is 6.10. The van der Waals surface area contributed by atoms with Crippen molar-refractivity contribution in [1.82, 2.24) is 4.98 Å². The number of hydrogen-bond donors (Lipinski definition) is 0. The minimum absolute atomic E-state index is 0.583. The normalized spacial score (nSPS) is 18.2. The van der Waals surface area contributed by atoms with Crippen LogP contribution in [0.3, 0.4) is 0 Å². The summed E-state index contributed by atoms with van der Waals surface area (Å²) in [5.74, 6) is 0.848. The third-order valence-electron chi connectivity index (χ3n) is 2.51. The fourth-order valence-corrected chi connectivity index (χ4v) is 2.61. The van der Waals surface area contributed by atoms with E-state index < -0.39 is 0 Å². The van der Waals surface area contributed by atoms with Gasteiger partial charge in [-0.25, -0.2) is 4.98 Å². The molecule has 1 fully saturated rings. The van der Waals surface area contributed by atoms with Gasteiger partial charge >= 0.3 is 0 Å². The van der Waals surface area contributed by atoms with E-state index in [9.17, 15) is 0 Å². The first-order valence-electron chi connectivity index (χ1n) is 4.87. The van der Waals surface area contributed by atoms with Gasteiger partial charge in [-0.2, -0.15) is 0 Å². The van der Waals surface area contributed by atoms with Crippen molar-refractivity contribution >= 4 is 44.9 Å². The van der Waals surface area contributed by atoms with E-state index >= 15 is 0 Å². The Morgan fingerprint density at radius 3 is 2.60 bits per heavy atom. The van der Waals surface area contributed by atoms with E-state index in [0.29, 0.717) is 14.9 Å². The van der Waals surface area contributed by atoms with Crippen molar-refractivity contribution in [3.63, 3.8) is 0 Å². The molecule has 1 aliphatic heterocycles. The molecule has 2 rings (SSSR count). The average Bonchev–Trinajstić information content (AvgIpc) is 2.20. The SMILES string of the molecule is Clc1cnc(N2CCC(Br)CC2)c(Cl)c1. The molecule has 0 aliphatic carbocycles. The molecule has 0 aromatic carbocycles. The van der Waals surface area contributed by atoms with Gasteiger partial charge in [-0.15, -0.1) is 0 Å². The molecule has 0 bridgehead atoms. The summed E-state index contributed by atoms with van der Waals surface area (Å²) in [6, 6.07) is 1.74. The van der Waals surface area contributed by atoms with Gasteiger partial charge in [0.1, 0.15) is 5.82 Å². The van der Waals surface area contributed by atoms with Crippen LogP contribution in [0.1, 0.15) is 12.8 Å². The standard InChI is InChI=1S/C10H11BrCl2N2/c11-7-1-3-15(4-2-7)10-9(13)5-8(12)6-14-10/h5-7H,1-4H2. The summed E-state index contributed by atoms with van der Waals surface area (Å²) < 4.78 is 0. The minimum Gasteiger partial charge on any atom is -0.355 e. The monoisotopic (exact) mass is 308 g/mol. The third-order valence-corrected chi connectivity index (χ3v) is 3.91. The zero-order valence-electron chi connectivity index (χ0n) is 8.09. The Morgan fingerprint density at radius 2 is 2.00 bits per heavy atom. The Kier molecular flexibility index (Phi) is 3.75. The number of rotatable bonds is 1. The molecule has 0 N–H and O–H groups in total. The maximum atomic E-state index is 6.10. The van der Waals surface area contributed by atoms with Crippen LogP contribution in [-0.4, -0.2) is 22.9 Å². The largest absolute Gasteiger partial charge is 0.355 e. The highest BCUT2D eigenvalue weighted by molar-refractivity contribution is 9.09. The number of anilines is 1.